The van der Waals surface area contributed by atoms with Crippen LogP contribution in [0.1, 0.15) is 34.6 Å². The Morgan fingerprint density at radius 1 is 1.12 bits per heavy atom. The van der Waals surface area contributed by atoms with Crippen LogP contribution in [0.2, 0.25) is 18.1 Å². The minimum Gasteiger partial charge on any atom is -0.313 e. The minimum absolute atomic E-state index is 0.0147. The summed E-state index contributed by atoms with van der Waals surface area (Å²) in [6.45, 7) is 10.5. The van der Waals surface area contributed by atoms with Crippen LogP contribution < -0.4 is 0 Å². The molecule has 0 bridgehead atoms. The first kappa shape index (κ1) is 14.2. The molecule has 1 saturated heterocycles. The highest BCUT2D eigenvalue weighted by atomic mass is 28.3. The van der Waals surface area contributed by atoms with Crippen LogP contribution in [-0.4, -0.2) is 42.2 Å². The summed E-state index contributed by atoms with van der Waals surface area (Å²) in [5.41, 5.74) is 0. The molecule has 0 radical (unpaired) electrons. The third-order valence-corrected chi connectivity index (χ3v) is 9.40. The molecule has 5 heteroatoms. The van der Waals surface area contributed by atoms with E-state index in [0.717, 1.165) is 18.1 Å². The zero-order chi connectivity index (χ0) is 13.2. The average Bonchev–Trinajstić information content (AvgIpc) is 2.60. The molecular weight excluding hydrogens is 232 g/mol. The first-order valence-corrected chi connectivity index (χ1v) is 9.14. The average molecular weight is 256 g/mol. The third-order valence-electron chi connectivity index (χ3n) is 4.06. The maximum absolute atomic E-state index is 12.3. The second-order valence-corrected chi connectivity index (χ2v) is 10.0. The molecule has 1 heterocycles. The molecule has 1 aliphatic heterocycles. The number of hydrogen-bond donors (Lipinski definition) is 0. The van der Waals surface area contributed by atoms with Gasteiger partial charge in [0.05, 0.1) is 0 Å². The number of urea groups is 1. The molecule has 4 nitrogen and oxygen atoms in total. The van der Waals surface area contributed by atoms with E-state index in [0.29, 0.717) is 0 Å². The van der Waals surface area contributed by atoms with Gasteiger partial charge in [0, 0.05) is 6.04 Å². The van der Waals surface area contributed by atoms with Crippen LogP contribution in [0.3, 0.4) is 0 Å². The molecule has 1 aliphatic rings. The van der Waals surface area contributed by atoms with Gasteiger partial charge in [-0.05, 0) is 32.0 Å². The Hall–Kier alpha value is -0.843. The van der Waals surface area contributed by atoms with Crippen molar-refractivity contribution in [3.05, 3.63) is 0 Å². The summed E-state index contributed by atoms with van der Waals surface area (Å²) < 4.78 is 1.65. The highest BCUT2D eigenvalue weighted by Crippen LogP contribution is 2.30. The van der Waals surface area contributed by atoms with Crippen LogP contribution in [0.15, 0.2) is 0 Å². The first-order valence-electron chi connectivity index (χ1n) is 6.57. The second-order valence-electron chi connectivity index (χ2n) is 5.02. The normalized spacial score (nSPS) is 17.5. The molecular formula is C12H24N2O2Si. The van der Waals surface area contributed by atoms with Gasteiger partial charge in [-0.25, -0.2) is 4.79 Å². The predicted octanol–water partition coefficient (Wildman–Crippen LogP) is 2.66. The van der Waals surface area contributed by atoms with Crippen LogP contribution in [0, 0.1) is 0 Å². The quantitative estimate of drug-likeness (QED) is 0.560. The Bertz CT molecular complexity index is 305. The van der Waals surface area contributed by atoms with Gasteiger partial charge in [0.15, 0.2) is 8.24 Å². The van der Waals surface area contributed by atoms with Crippen molar-refractivity contribution in [2.45, 2.75) is 58.8 Å². The molecule has 0 unspecified atom stereocenters. The van der Waals surface area contributed by atoms with Crippen molar-refractivity contribution < 1.29 is 9.59 Å². The number of hydrogen-bond acceptors (Lipinski definition) is 2. The molecule has 17 heavy (non-hydrogen) atoms. The van der Waals surface area contributed by atoms with E-state index in [-0.39, 0.29) is 24.5 Å². The molecule has 1 fully saturated rings. The molecule has 0 atom stereocenters. The molecule has 0 N–H and O–H groups in total. The zero-order valence-electron chi connectivity index (χ0n) is 11.6. The van der Waals surface area contributed by atoms with Crippen molar-refractivity contribution in [1.82, 2.24) is 9.47 Å². The van der Waals surface area contributed by atoms with Crippen LogP contribution >= 0.6 is 0 Å². The number of rotatable bonds is 5. The largest absolute Gasteiger partial charge is 0.319 e. The van der Waals surface area contributed by atoms with Crippen LogP contribution in [0.25, 0.3) is 0 Å². The van der Waals surface area contributed by atoms with Crippen molar-refractivity contribution in [3.63, 3.8) is 0 Å². The Labute approximate surface area is 105 Å². The monoisotopic (exact) mass is 256 g/mol. The lowest BCUT2D eigenvalue weighted by Crippen LogP contribution is -2.55. The molecule has 1 rings (SSSR count). The van der Waals surface area contributed by atoms with Crippen molar-refractivity contribution >= 4 is 20.2 Å². The number of nitrogens with zero attached hydrogens (tertiary/aromatic N) is 2. The SMILES string of the molecule is CC[Si](CC)(CC)N1C(=O)CN(C(C)C)C1=O. The van der Waals surface area contributed by atoms with Crippen LogP contribution in [-0.2, 0) is 4.79 Å². The van der Waals surface area contributed by atoms with Crippen molar-refractivity contribution in [2.24, 2.45) is 0 Å². The van der Waals surface area contributed by atoms with Gasteiger partial charge in [-0.1, -0.05) is 20.8 Å². The van der Waals surface area contributed by atoms with Gasteiger partial charge in [0.1, 0.15) is 6.54 Å². The van der Waals surface area contributed by atoms with Crippen LogP contribution in [0.5, 0.6) is 0 Å². The van der Waals surface area contributed by atoms with Gasteiger partial charge in [-0.3, -0.25) is 9.36 Å². The fraction of sp³-hybridized carbons (Fsp3) is 0.833. The van der Waals surface area contributed by atoms with Gasteiger partial charge < -0.3 is 4.90 Å². The maximum atomic E-state index is 12.3. The summed E-state index contributed by atoms with van der Waals surface area (Å²) in [5.74, 6) is 0.0147. The first-order chi connectivity index (χ1) is 7.93. The van der Waals surface area contributed by atoms with Crippen molar-refractivity contribution in [3.8, 4) is 0 Å². The van der Waals surface area contributed by atoms with E-state index in [2.05, 4.69) is 20.8 Å². The lowest BCUT2D eigenvalue weighted by molar-refractivity contribution is -0.122. The van der Waals surface area contributed by atoms with Gasteiger partial charge in [0.2, 0.25) is 5.91 Å². The lowest BCUT2D eigenvalue weighted by atomic mass is 10.3. The molecule has 0 saturated carbocycles. The lowest BCUT2D eigenvalue weighted by Gasteiger charge is -2.36. The van der Waals surface area contributed by atoms with Gasteiger partial charge in [-0.2, -0.15) is 0 Å². The summed E-state index contributed by atoms with van der Waals surface area (Å²) in [5, 5.41) is 0. The van der Waals surface area contributed by atoms with E-state index in [1.54, 1.807) is 9.47 Å². The number of amides is 3. The fourth-order valence-corrected chi connectivity index (χ4v) is 6.20. The number of carbonyl (C=O) groups is 2. The molecule has 98 valence electrons. The smallest absolute Gasteiger partial charge is 0.313 e. The highest BCUT2D eigenvalue weighted by molar-refractivity contribution is 6.81. The van der Waals surface area contributed by atoms with Gasteiger partial charge in [-0.15, -0.1) is 0 Å². The Kier molecular flexibility index (Phi) is 4.35. The molecule has 0 aromatic heterocycles. The van der Waals surface area contributed by atoms with E-state index in [4.69, 9.17) is 0 Å². The minimum atomic E-state index is -1.91. The predicted molar refractivity (Wildman–Crippen MR) is 71.3 cm³/mol. The van der Waals surface area contributed by atoms with E-state index in [9.17, 15) is 9.59 Å². The molecule has 0 aromatic carbocycles. The highest BCUT2D eigenvalue weighted by Gasteiger charge is 2.48. The summed E-state index contributed by atoms with van der Waals surface area (Å²) in [7, 11) is -1.91. The maximum Gasteiger partial charge on any atom is 0.319 e. The summed E-state index contributed by atoms with van der Waals surface area (Å²) >= 11 is 0. The number of imide groups is 1. The van der Waals surface area contributed by atoms with Crippen LogP contribution in [0.4, 0.5) is 4.79 Å². The Morgan fingerprint density at radius 3 is 1.88 bits per heavy atom. The molecule has 0 aromatic rings. The van der Waals surface area contributed by atoms with Crippen molar-refractivity contribution in [1.29, 1.82) is 0 Å². The Balaban J connectivity index is 3.05. The molecule has 0 spiro atoms. The van der Waals surface area contributed by atoms with E-state index in [1.807, 2.05) is 13.8 Å². The van der Waals surface area contributed by atoms with Gasteiger partial charge >= 0.3 is 6.03 Å². The van der Waals surface area contributed by atoms with Crippen molar-refractivity contribution in [2.75, 3.05) is 6.54 Å². The summed E-state index contributed by atoms with van der Waals surface area (Å²) in [6.07, 6.45) is 0. The Morgan fingerprint density at radius 2 is 1.59 bits per heavy atom. The standard InChI is InChI=1S/C12H24N2O2Si/c1-6-17(7-2,8-3)14-11(15)9-13(10(4)5)12(14)16/h10H,6-9H2,1-5H3. The molecule has 3 amide bonds. The summed E-state index contributed by atoms with van der Waals surface area (Å²) in [4.78, 5) is 26.2. The van der Waals surface area contributed by atoms with E-state index in [1.165, 1.54) is 0 Å². The zero-order valence-corrected chi connectivity index (χ0v) is 12.6. The molecule has 0 aliphatic carbocycles. The number of carbonyl (C=O) groups excluding carboxylic acids is 2. The second kappa shape index (κ2) is 5.21. The fourth-order valence-electron chi connectivity index (χ4n) is 2.61. The van der Waals surface area contributed by atoms with E-state index >= 15 is 0 Å². The summed E-state index contributed by atoms with van der Waals surface area (Å²) in [6, 6.07) is 2.94. The van der Waals surface area contributed by atoms with Gasteiger partial charge in [0.25, 0.3) is 0 Å². The third kappa shape index (κ3) is 2.25. The van der Waals surface area contributed by atoms with E-state index < -0.39 is 8.24 Å². The topological polar surface area (TPSA) is 40.6 Å².